The fourth-order valence-electron chi connectivity index (χ4n) is 2.82. The van der Waals surface area contributed by atoms with Crippen LogP contribution in [0.15, 0.2) is 29.2 Å². The van der Waals surface area contributed by atoms with Gasteiger partial charge in [-0.1, -0.05) is 20.3 Å². The van der Waals surface area contributed by atoms with Gasteiger partial charge in [-0.15, -0.1) is 0 Å². The fourth-order valence-corrected chi connectivity index (χ4v) is 4.29. The van der Waals surface area contributed by atoms with E-state index in [1.165, 1.54) is 16.4 Å². The summed E-state index contributed by atoms with van der Waals surface area (Å²) >= 11 is 0. The van der Waals surface area contributed by atoms with Crippen LogP contribution in [-0.2, 0) is 14.8 Å². The van der Waals surface area contributed by atoms with Crippen molar-refractivity contribution in [3.05, 3.63) is 30.1 Å². The predicted molar refractivity (Wildman–Crippen MR) is 93.8 cm³/mol. The van der Waals surface area contributed by atoms with Crippen LogP contribution in [-0.4, -0.2) is 55.8 Å². The molecule has 0 saturated carbocycles. The first-order valence-electron chi connectivity index (χ1n) is 8.57. The Labute approximate surface area is 148 Å². The molecule has 1 fully saturated rings. The molecule has 0 aliphatic carbocycles. The number of halogens is 1. The molecule has 0 spiro atoms. The first kappa shape index (κ1) is 19.8. The molecule has 2 N–H and O–H groups in total. The maximum Gasteiger partial charge on any atom is 0.243 e. The maximum absolute atomic E-state index is 13.0. The van der Waals surface area contributed by atoms with Gasteiger partial charge < -0.3 is 10.6 Å². The van der Waals surface area contributed by atoms with Crippen molar-refractivity contribution >= 4 is 15.9 Å². The summed E-state index contributed by atoms with van der Waals surface area (Å²) in [6.45, 7) is 5.24. The molecule has 1 saturated heterocycles. The van der Waals surface area contributed by atoms with E-state index >= 15 is 0 Å². The van der Waals surface area contributed by atoms with E-state index in [1.807, 2.05) is 13.8 Å². The van der Waals surface area contributed by atoms with Crippen molar-refractivity contribution in [3.8, 4) is 0 Å². The number of nitrogens with two attached hydrogens (primary N) is 1. The first-order valence-corrected chi connectivity index (χ1v) is 10.0. The number of benzene rings is 1. The van der Waals surface area contributed by atoms with Gasteiger partial charge in [-0.2, -0.15) is 4.31 Å². The van der Waals surface area contributed by atoms with Crippen LogP contribution in [0.25, 0.3) is 0 Å². The van der Waals surface area contributed by atoms with Gasteiger partial charge >= 0.3 is 0 Å². The highest BCUT2D eigenvalue weighted by molar-refractivity contribution is 7.89. The van der Waals surface area contributed by atoms with Crippen LogP contribution in [0.5, 0.6) is 0 Å². The summed E-state index contributed by atoms with van der Waals surface area (Å²) in [5.74, 6) is -0.532. The number of hydrogen-bond acceptors (Lipinski definition) is 4. The number of rotatable bonds is 5. The smallest absolute Gasteiger partial charge is 0.243 e. The van der Waals surface area contributed by atoms with Crippen LogP contribution >= 0.6 is 0 Å². The van der Waals surface area contributed by atoms with Gasteiger partial charge in [-0.25, -0.2) is 12.8 Å². The fraction of sp³-hybridized carbons (Fsp3) is 0.588. The van der Waals surface area contributed by atoms with Crippen LogP contribution in [0.2, 0.25) is 0 Å². The van der Waals surface area contributed by atoms with Crippen molar-refractivity contribution in [1.29, 1.82) is 0 Å². The van der Waals surface area contributed by atoms with Gasteiger partial charge in [-0.05, 0) is 36.6 Å². The number of sulfonamides is 1. The van der Waals surface area contributed by atoms with E-state index < -0.39 is 21.9 Å². The quantitative estimate of drug-likeness (QED) is 0.848. The highest BCUT2D eigenvalue weighted by atomic mass is 32.2. The van der Waals surface area contributed by atoms with E-state index in [0.29, 0.717) is 26.1 Å². The van der Waals surface area contributed by atoms with E-state index in [0.717, 1.165) is 18.6 Å². The van der Waals surface area contributed by atoms with Crippen molar-refractivity contribution in [2.75, 3.05) is 26.2 Å². The average Bonchev–Trinajstić information content (AvgIpc) is 2.86. The van der Waals surface area contributed by atoms with Crippen molar-refractivity contribution < 1.29 is 17.6 Å². The Bertz CT molecular complexity index is 694. The minimum Gasteiger partial charge on any atom is -0.340 e. The molecule has 140 valence electrons. The minimum atomic E-state index is -3.70. The highest BCUT2D eigenvalue weighted by Crippen LogP contribution is 2.19. The lowest BCUT2D eigenvalue weighted by Crippen LogP contribution is -2.48. The molecule has 2 atom stereocenters. The number of amides is 1. The van der Waals surface area contributed by atoms with Gasteiger partial charge in [0.2, 0.25) is 15.9 Å². The second-order valence-corrected chi connectivity index (χ2v) is 8.39. The predicted octanol–water partition coefficient (Wildman–Crippen LogP) is 1.42. The number of carbonyl (C=O) groups excluding carboxylic acids is 1. The topological polar surface area (TPSA) is 83.7 Å². The summed E-state index contributed by atoms with van der Waals surface area (Å²) in [7, 11) is -3.70. The Morgan fingerprint density at radius 1 is 1.20 bits per heavy atom. The third-order valence-electron chi connectivity index (χ3n) is 4.76. The van der Waals surface area contributed by atoms with Crippen LogP contribution in [0.1, 0.15) is 26.7 Å². The van der Waals surface area contributed by atoms with Gasteiger partial charge in [0.15, 0.2) is 0 Å². The molecule has 1 heterocycles. The molecule has 1 aliphatic heterocycles. The molecule has 1 aliphatic rings. The first-order chi connectivity index (χ1) is 11.8. The lowest BCUT2D eigenvalue weighted by atomic mass is 9.99. The number of carbonyl (C=O) groups is 1. The summed E-state index contributed by atoms with van der Waals surface area (Å²) in [6.07, 6.45) is 1.35. The summed E-state index contributed by atoms with van der Waals surface area (Å²) in [4.78, 5) is 14.2. The monoisotopic (exact) mass is 371 g/mol. The third kappa shape index (κ3) is 4.56. The molecule has 1 aromatic carbocycles. The van der Waals surface area contributed by atoms with Gasteiger partial charge in [0.25, 0.3) is 0 Å². The average molecular weight is 371 g/mol. The minimum absolute atomic E-state index is 0.0602. The Kier molecular flexibility index (Phi) is 6.53. The molecule has 25 heavy (non-hydrogen) atoms. The van der Waals surface area contributed by atoms with Crippen molar-refractivity contribution in [1.82, 2.24) is 9.21 Å². The molecular weight excluding hydrogens is 345 g/mol. The van der Waals surface area contributed by atoms with E-state index in [-0.39, 0.29) is 23.3 Å². The molecule has 1 aromatic rings. The molecule has 1 amide bonds. The molecule has 0 aromatic heterocycles. The molecule has 0 radical (unpaired) electrons. The van der Waals surface area contributed by atoms with Crippen LogP contribution < -0.4 is 5.73 Å². The van der Waals surface area contributed by atoms with Crippen LogP contribution in [0.4, 0.5) is 4.39 Å². The molecule has 2 unspecified atom stereocenters. The second-order valence-electron chi connectivity index (χ2n) is 6.45. The number of hydrogen-bond donors (Lipinski definition) is 1. The van der Waals surface area contributed by atoms with Crippen molar-refractivity contribution in [2.24, 2.45) is 11.7 Å². The van der Waals surface area contributed by atoms with Gasteiger partial charge in [-0.3, -0.25) is 4.79 Å². The lowest BCUT2D eigenvalue weighted by Gasteiger charge is -2.27. The molecule has 0 bridgehead atoms. The van der Waals surface area contributed by atoms with Crippen LogP contribution in [0.3, 0.4) is 0 Å². The van der Waals surface area contributed by atoms with Gasteiger partial charge in [0.1, 0.15) is 5.82 Å². The second kappa shape index (κ2) is 8.25. The normalized spacial score (nSPS) is 19.3. The lowest BCUT2D eigenvalue weighted by molar-refractivity contribution is -0.133. The highest BCUT2D eigenvalue weighted by Gasteiger charge is 2.30. The van der Waals surface area contributed by atoms with Crippen molar-refractivity contribution in [3.63, 3.8) is 0 Å². The SMILES string of the molecule is CCC(C)C(N)C(=O)N1CCCN(S(=O)(=O)c2ccc(F)cc2)CC1. The molecule has 6 nitrogen and oxygen atoms in total. The Morgan fingerprint density at radius 2 is 1.84 bits per heavy atom. The van der Waals surface area contributed by atoms with Crippen molar-refractivity contribution in [2.45, 2.75) is 37.6 Å². The van der Waals surface area contributed by atoms with E-state index in [9.17, 15) is 17.6 Å². The Morgan fingerprint density at radius 3 is 2.44 bits per heavy atom. The largest absolute Gasteiger partial charge is 0.340 e. The van der Waals surface area contributed by atoms with E-state index in [4.69, 9.17) is 5.73 Å². The Hall–Kier alpha value is -1.51. The zero-order valence-corrected chi connectivity index (χ0v) is 15.5. The van der Waals surface area contributed by atoms with E-state index in [1.54, 1.807) is 4.90 Å². The number of nitrogens with zero attached hydrogens (tertiary/aromatic N) is 2. The summed E-state index contributed by atoms with van der Waals surface area (Å²) in [5, 5.41) is 0. The standard InChI is InChI=1S/C17H26FN3O3S/c1-3-13(2)16(19)17(22)20-9-4-10-21(12-11-20)25(23,24)15-7-5-14(18)6-8-15/h5-8,13,16H,3-4,9-12,19H2,1-2H3. The molecule has 2 rings (SSSR count). The zero-order valence-electron chi connectivity index (χ0n) is 14.7. The van der Waals surface area contributed by atoms with Gasteiger partial charge in [0, 0.05) is 26.2 Å². The Balaban J connectivity index is 2.08. The molecule has 8 heteroatoms. The van der Waals surface area contributed by atoms with Gasteiger partial charge in [0.05, 0.1) is 10.9 Å². The third-order valence-corrected chi connectivity index (χ3v) is 6.67. The zero-order chi connectivity index (χ0) is 18.6. The maximum atomic E-state index is 13.0. The van der Waals surface area contributed by atoms with E-state index in [2.05, 4.69) is 0 Å². The summed E-state index contributed by atoms with van der Waals surface area (Å²) < 4.78 is 39.8. The summed E-state index contributed by atoms with van der Waals surface area (Å²) in [6, 6.07) is 4.22. The summed E-state index contributed by atoms with van der Waals surface area (Å²) in [5.41, 5.74) is 6.02. The van der Waals surface area contributed by atoms with Crippen LogP contribution in [0, 0.1) is 11.7 Å². The molecular formula is C17H26FN3O3S.